The fourth-order valence-corrected chi connectivity index (χ4v) is 3.21. The van der Waals surface area contributed by atoms with Crippen molar-refractivity contribution in [3.63, 3.8) is 0 Å². The average Bonchev–Trinajstić information content (AvgIpc) is 2.86. The Balaban J connectivity index is 2.06. The number of azo groups is 1. The molecule has 0 radical (unpaired) electrons. The molecule has 26 heavy (non-hydrogen) atoms. The number of carbonyl (C=O) groups excluding carboxylic acids is 1. The van der Waals surface area contributed by atoms with Gasteiger partial charge in [-0.25, -0.2) is 0 Å². The molecule has 0 fully saturated rings. The number of amides is 1. The van der Waals surface area contributed by atoms with E-state index >= 15 is 0 Å². The lowest BCUT2D eigenvalue weighted by Crippen LogP contribution is -1.95. The number of rotatable bonds is 4. The molecule has 2 N–H and O–H groups in total. The van der Waals surface area contributed by atoms with Gasteiger partial charge in [0, 0.05) is 21.4 Å². The molecule has 2 aromatic carbocycles. The number of hydrogen-bond donors (Lipinski definition) is 2. The Bertz CT molecular complexity index is 1030. The SMILES string of the molecule is CCCn1c(O)c(N=NC(=O)c2cc(Br)ccc2O)c2cc(Cl)ccc21. The number of carbonyl (C=O) groups is 1. The molecule has 0 saturated carbocycles. The fraction of sp³-hybridized carbons (Fsp3) is 0.167. The molecule has 0 aliphatic carbocycles. The monoisotopic (exact) mass is 435 g/mol. The van der Waals surface area contributed by atoms with E-state index in [0.29, 0.717) is 21.4 Å². The fourth-order valence-electron chi connectivity index (χ4n) is 2.67. The van der Waals surface area contributed by atoms with E-state index in [0.717, 1.165) is 11.9 Å². The van der Waals surface area contributed by atoms with Crippen LogP contribution in [0.4, 0.5) is 5.69 Å². The zero-order valence-electron chi connectivity index (χ0n) is 13.8. The molecule has 0 atom stereocenters. The van der Waals surface area contributed by atoms with E-state index < -0.39 is 5.91 Å². The maximum atomic E-state index is 12.3. The summed E-state index contributed by atoms with van der Waals surface area (Å²) in [6, 6.07) is 9.62. The molecule has 0 spiro atoms. The molecule has 134 valence electrons. The van der Waals surface area contributed by atoms with Crippen LogP contribution < -0.4 is 0 Å². The van der Waals surface area contributed by atoms with Gasteiger partial charge in [-0.1, -0.05) is 34.5 Å². The number of aryl methyl sites for hydroxylation is 1. The van der Waals surface area contributed by atoms with Crippen molar-refractivity contribution in [2.24, 2.45) is 10.2 Å². The van der Waals surface area contributed by atoms with Gasteiger partial charge in [0.2, 0.25) is 5.88 Å². The minimum Gasteiger partial charge on any atom is -0.507 e. The van der Waals surface area contributed by atoms with Crippen molar-refractivity contribution >= 4 is 50.0 Å². The summed E-state index contributed by atoms with van der Waals surface area (Å²) in [4.78, 5) is 12.3. The molecule has 1 amide bonds. The van der Waals surface area contributed by atoms with Crippen LogP contribution in [0.3, 0.4) is 0 Å². The quantitative estimate of drug-likeness (QED) is 0.506. The molecule has 0 aliphatic rings. The lowest BCUT2D eigenvalue weighted by molar-refractivity contribution is 0.0992. The Morgan fingerprint density at radius 1 is 1.23 bits per heavy atom. The zero-order valence-corrected chi connectivity index (χ0v) is 16.1. The lowest BCUT2D eigenvalue weighted by atomic mass is 10.2. The number of phenols is 1. The predicted octanol–water partition coefficient (Wildman–Crippen LogP) is 5.80. The molecule has 8 heteroatoms. The van der Waals surface area contributed by atoms with Gasteiger partial charge in [0.05, 0.1) is 11.1 Å². The largest absolute Gasteiger partial charge is 0.507 e. The minimum absolute atomic E-state index is 0.0120. The van der Waals surface area contributed by atoms with Crippen molar-refractivity contribution in [2.75, 3.05) is 0 Å². The smallest absolute Gasteiger partial charge is 0.299 e. The molecule has 1 aromatic heterocycles. The second-order valence-electron chi connectivity index (χ2n) is 5.65. The first-order valence-corrected chi connectivity index (χ1v) is 9.04. The third-order valence-electron chi connectivity index (χ3n) is 3.85. The van der Waals surface area contributed by atoms with Crippen LogP contribution in [0.15, 0.2) is 51.1 Å². The number of benzene rings is 2. The standard InChI is InChI=1S/C18H15BrClN3O3/c1-2-7-23-14-5-4-11(20)9-12(14)16(18(23)26)21-22-17(25)13-8-10(19)3-6-15(13)24/h3-6,8-9,24,26H,2,7H2,1H3. The molecule has 6 nitrogen and oxygen atoms in total. The Hall–Kier alpha value is -2.38. The molecule has 1 heterocycles. The number of halogens is 2. The second kappa shape index (κ2) is 7.47. The Morgan fingerprint density at radius 3 is 2.73 bits per heavy atom. The van der Waals surface area contributed by atoms with Gasteiger partial charge in [-0.05, 0) is 42.8 Å². The molecule has 3 aromatic rings. The second-order valence-corrected chi connectivity index (χ2v) is 7.00. The normalized spacial score (nSPS) is 11.5. The summed E-state index contributed by atoms with van der Waals surface area (Å²) in [5.74, 6) is -1.00. The molecular weight excluding hydrogens is 422 g/mol. The topological polar surface area (TPSA) is 87.2 Å². The maximum Gasteiger partial charge on any atom is 0.299 e. The van der Waals surface area contributed by atoms with Crippen LogP contribution in [-0.2, 0) is 6.54 Å². The van der Waals surface area contributed by atoms with Gasteiger partial charge in [0.25, 0.3) is 5.91 Å². The van der Waals surface area contributed by atoms with Crippen molar-refractivity contribution in [1.82, 2.24) is 4.57 Å². The molecule has 3 rings (SSSR count). The van der Waals surface area contributed by atoms with Gasteiger partial charge >= 0.3 is 0 Å². The molecular formula is C18H15BrClN3O3. The summed E-state index contributed by atoms with van der Waals surface area (Å²) in [5, 5.41) is 29.0. The van der Waals surface area contributed by atoms with Crippen molar-refractivity contribution in [1.29, 1.82) is 0 Å². The number of fused-ring (bicyclic) bond motifs is 1. The van der Waals surface area contributed by atoms with Crippen LogP contribution in [-0.4, -0.2) is 20.7 Å². The van der Waals surface area contributed by atoms with Gasteiger partial charge in [-0.15, -0.1) is 10.2 Å². The first-order valence-electron chi connectivity index (χ1n) is 7.87. The van der Waals surface area contributed by atoms with Crippen molar-refractivity contribution in [3.8, 4) is 11.6 Å². The van der Waals surface area contributed by atoms with Gasteiger partial charge in [0.15, 0.2) is 5.69 Å². The Morgan fingerprint density at radius 2 is 2.00 bits per heavy atom. The lowest BCUT2D eigenvalue weighted by Gasteiger charge is -2.03. The third kappa shape index (κ3) is 3.45. The van der Waals surface area contributed by atoms with Crippen LogP contribution in [0.2, 0.25) is 5.02 Å². The van der Waals surface area contributed by atoms with E-state index in [-0.39, 0.29) is 22.9 Å². The highest BCUT2D eigenvalue weighted by atomic mass is 79.9. The highest BCUT2D eigenvalue weighted by Gasteiger charge is 2.18. The van der Waals surface area contributed by atoms with E-state index in [4.69, 9.17) is 11.6 Å². The van der Waals surface area contributed by atoms with E-state index in [2.05, 4.69) is 26.2 Å². The zero-order chi connectivity index (χ0) is 18.8. The van der Waals surface area contributed by atoms with Gasteiger partial charge in [-0.2, -0.15) is 0 Å². The number of phenolic OH excluding ortho intramolecular Hbond substituents is 1. The first-order chi connectivity index (χ1) is 12.4. The van der Waals surface area contributed by atoms with Crippen molar-refractivity contribution < 1.29 is 15.0 Å². The summed E-state index contributed by atoms with van der Waals surface area (Å²) in [7, 11) is 0. The van der Waals surface area contributed by atoms with Crippen LogP contribution in [0.25, 0.3) is 10.9 Å². The molecule has 0 saturated heterocycles. The van der Waals surface area contributed by atoms with Crippen LogP contribution in [0.5, 0.6) is 11.6 Å². The van der Waals surface area contributed by atoms with Crippen molar-refractivity contribution in [2.45, 2.75) is 19.9 Å². The van der Waals surface area contributed by atoms with Gasteiger partial charge in [-0.3, -0.25) is 4.79 Å². The number of aromatic hydroxyl groups is 2. The Labute approximate surface area is 162 Å². The van der Waals surface area contributed by atoms with E-state index in [9.17, 15) is 15.0 Å². The van der Waals surface area contributed by atoms with Crippen molar-refractivity contribution in [3.05, 3.63) is 51.5 Å². The van der Waals surface area contributed by atoms with Gasteiger partial charge in [0.1, 0.15) is 5.75 Å². The molecule has 0 aliphatic heterocycles. The highest BCUT2D eigenvalue weighted by Crippen LogP contribution is 2.40. The van der Waals surface area contributed by atoms with E-state index in [1.165, 1.54) is 12.1 Å². The summed E-state index contributed by atoms with van der Waals surface area (Å²) in [6.07, 6.45) is 0.807. The Kier molecular flexibility index (Phi) is 5.29. The van der Waals surface area contributed by atoms with Gasteiger partial charge < -0.3 is 14.8 Å². The summed E-state index contributed by atoms with van der Waals surface area (Å²) in [5.41, 5.74) is 0.928. The number of aromatic nitrogens is 1. The number of hydrogen-bond acceptors (Lipinski definition) is 4. The van der Waals surface area contributed by atoms with Crippen LogP contribution >= 0.6 is 27.5 Å². The van der Waals surface area contributed by atoms with E-state index in [1.54, 1.807) is 28.8 Å². The third-order valence-corrected chi connectivity index (χ3v) is 4.58. The summed E-state index contributed by atoms with van der Waals surface area (Å²) < 4.78 is 2.32. The molecule has 0 bridgehead atoms. The van der Waals surface area contributed by atoms with E-state index in [1.807, 2.05) is 6.92 Å². The number of nitrogens with zero attached hydrogens (tertiary/aromatic N) is 3. The average molecular weight is 437 g/mol. The predicted molar refractivity (Wildman–Crippen MR) is 104 cm³/mol. The highest BCUT2D eigenvalue weighted by molar-refractivity contribution is 9.10. The summed E-state index contributed by atoms with van der Waals surface area (Å²) >= 11 is 9.30. The summed E-state index contributed by atoms with van der Waals surface area (Å²) in [6.45, 7) is 2.57. The minimum atomic E-state index is -0.721. The van der Waals surface area contributed by atoms with Crippen LogP contribution in [0, 0.1) is 0 Å². The first kappa shape index (κ1) is 18.4. The molecule has 0 unspecified atom stereocenters. The maximum absolute atomic E-state index is 12.3. The van der Waals surface area contributed by atoms with Crippen LogP contribution in [0.1, 0.15) is 23.7 Å².